The zero-order valence-corrected chi connectivity index (χ0v) is 16.3. The Morgan fingerprint density at radius 2 is 1.38 bits per heavy atom. The zero-order valence-electron chi connectivity index (χ0n) is 16.3. The first-order valence-corrected chi connectivity index (χ1v) is 9.82. The number of rotatable bonds is 1. The summed E-state index contributed by atoms with van der Waals surface area (Å²) in [6, 6.07) is 17.9. The minimum atomic E-state index is 0.285. The molecule has 0 aliphatic heterocycles. The lowest BCUT2D eigenvalue weighted by Gasteiger charge is -2.18. The lowest BCUT2D eigenvalue weighted by molar-refractivity contribution is 0.519. The van der Waals surface area contributed by atoms with Gasteiger partial charge in [-0.3, -0.25) is 0 Å². The van der Waals surface area contributed by atoms with E-state index in [1.807, 2.05) is 13.8 Å². The van der Waals surface area contributed by atoms with Gasteiger partial charge in [-0.25, -0.2) is 4.68 Å². The molecular formula is C23H27N3. The van der Waals surface area contributed by atoms with Gasteiger partial charge in [0.1, 0.15) is 5.69 Å². The second-order valence-electron chi connectivity index (χ2n) is 7.41. The highest BCUT2D eigenvalue weighted by atomic mass is 15.4. The van der Waals surface area contributed by atoms with Gasteiger partial charge in [0, 0.05) is 17.2 Å². The fourth-order valence-electron chi connectivity index (χ4n) is 4.51. The minimum Gasteiger partial charge on any atom is -0.242 e. The smallest absolute Gasteiger partial charge is 0.121 e. The Morgan fingerprint density at radius 3 is 2.00 bits per heavy atom. The molecule has 3 aromatic rings. The molecule has 1 fully saturated rings. The van der Waals surface area contributed by atoms with Crippen LogP contribution in [-0.2, 0) is 0 Å². The van der Waals surface area contributed by atoms with Gasteiger partial charge in [0.25, 0.3) is 0 Å². The van der Waals surface area contributed by atoms with Crippen molar-refractivity contribution in [3.63, 3.8) is 0 Å². The molecule has 0 radical (unpaired) electrons. The van der Waals surface area contributed by atoms with Crippen molar-refractivity contribution in [2.24, 2.45) is 5.92 Å². The van der Waals surface area contributed by atoms with Crippen LogP contribution in [-0.4, -0.2) is 15.0 Å². The van der Waals surface area contributed by atoms with Gasteiger partial charge < -0.3 is 0 Å². The Morgan fingerprint density at radius 1 is 0.846 bits per heavy atom. The van der Waals surface area contributed by atoms with Crippen LogP contribution in [0.3, 0.4) is 0 Å². The van der Waals surface area contributed by atoms with Gasteiger partial charge in [0.2, 0.25) is 0 Å². The van der Waals surface area contributed by atoms with Crippen molar-refractivity contribution in [3.8, 4) is 22.5 Å². The molecule has 3 heteroatoms. The Labute approximate surface area is 156 Å². The summed E-state index contributed by atoms with van der Waals surface area (Å²) >= 11 is 0. The maximum Gasteiger partial charge on any atom is 0.121 e. The van der Waals surface area contributed by atoms with E-state index in [9.17, 15) is 0 Å². The monoisotopic (exact) mass is 345 g/mol. The zero-order chi connectivity index (χ0) is 18.4. The van der Waals surface area contributed by atoms with Crippen molar-refractivity contribution >= 4 is 0 Å². The molecule has 3 atom stereocenters. The molecule has 1 aromatic heterocycles. The van der Waals surface area contributed by atoms with Crippen molar-refractivity contribution in [2.45, 2.75) is 52.5 Å². The lowest BCUT2D eigenvalue weighted by atomic mass is 9.89. The quantitative estimate of drug-likeness (QED) is 0.537. The summed E-state index contributed by atoms with van der Waals surface area (Å²) in [6.45, 7) is 10.7. The molecule has 0 N–H and O–H groups in total. The number of aromatic nitrogens is 3. The fourth-order valence-corrected chi connectivity index (χ4v) is 4.51. The Hall–Kier alpha value is -2.42. The van der Waals surface area contributed by atoms with Crippen LogP contribution in [0, 0.1) is 5.92 Å². The number of fused-ring (bicyclic) bond motifs is 8. The Bertz CT molecular complexity index is 938. The molecule has 134 valence electrons. The molecule has 0 spiro atoms. The molecular weight excluding hydrogens is 318 g/mol. The highest BCUT2D eigenvalue weighted by molar-refractivity contribution is 5.84. The van der Waals surface area contributed by atoms with E-state index in [2.05, 4.69) is 84.3 Å². The van der Waals surface area contributed by atoms with Crippen LogP contribution in [0.1, 0.15) is 63.6 Å². The van der Waals surface area contributed by atoms with Crippen LogP contribution < -0.4 is 0 Å². The van der Waals surface area contributed by atoms with Gasteiger partial charge in [-0.05, 0) is 42.7 Å². The Kier molecular flexibility index (Phi) is 4.18. The summed E-state index contributed by atoms with van der Waals surface area (Å²) < 4.78 is 2.08. The molecule has 1 heterocycles. The molecule has 2 aromatic carbocycles. The molecule has 5 rings (SSSR count). The van der Waals surface area contributed by atoms with Gasteiger partial charge >= 0.3 is 0 Å². The molecule has 0 amide bonds. The predicted molar refractivity (Wildman–Crippen MR) is 107 cm³/mol. The highest BCUT2D eigenvalue weighted by Crippen LogP contribution is 2.64. The summed E-state index contributed by atoms with van der Waals surface area (Å²) in [6.07, 6.45) is 0. The molecule has 1 saturated carbocycles. The Balaban J connectivity index is 0.000000814. The second kappa shape index (κ2) is 6.39. The maximum absolute atomic E-state index is 4.61. The third-order valence-electron chi connectivity index (χ3n) is 5.71. The third kappa shape index (κ3) is 2.33. The largest absolute Gasteiger partial charge is 0.242 e. The van der Waals surface area contributed by atoms with Gasteiger partial charge in [0.05, 0.1) is 5.69 Å². The van der Waals surface area contributed by atoms with Crippen molar-refractivity contribution in [1.29, 1.82) is 0 Å². The van der Waals surface area contributed by atoms with Crippen LogP contribution in [0.5, 0.6) is 0 Å². The van der Waals surface area contributed by atoms with Crippen LogP contribution in [0.4, 0.5) is 0 Å². The summed E-state index contributed by atoms with van der Waals surface area (Å²) in [5, 5.41) is 9.11. The molecule has 26 heavy (non-hydrogen) atoms. The number of nitrogens with zero attached hydrogens (tertiary/aromatic N) is 3. The summed E-state index contributed by atoms with van der Waals surface area (Å²) in [7, 11) is 0. The van der Waals surface area contributed by atoms with E-state index >= 15 is 0 Å². The predicted octanol–water partition coefficient (Wildman–Crippen LogP) is 6.05. The minimum absolute atomic E-state index is 0.285. The third-order valence-corrected chi connectivity index (χ3v) is 5.71. The van der Waals surface area contributed by atoms with E-state index in [4.69, 9.17) is 0 Å². The average molecular weight is 345 g/mol. The maximum atomic E-state index is 4.61. The summed E-state index contributed by atoms with van der Waals surface area (Å²) in [5.74, 6) is 1.88. The molecule has 2 aliphatic carbocycles. The fraction of sp³-hybridized carbons (Fsp3) is 0.391. The highest BCUT2D eigenvalue weighted by Gasteiger charge is 2.51. The topological polar surface area (TPSA) is 30.7 Å². The van der Waals surface area contributed by atoms with E-state index in [-0.39, 0.29) is 6.04 Å². The van der Waals surface area contributed by atoms with E-state index in [0.29, 0.717) is 17.8 Å². The molecule has 2 aliphatic rings. The van der Waals surface area contributed by atoms with Crippen LogP contribution in [0.2, 0.25) is 0 Å². The van der Waals surface area contributed by atoms with E-state index in [1.165, 1.54) is 27.9 Å². The van der Waals surface area contributed by atoms with Gasteiger partial charge in [-0.2, -0.15) is 0 Å². The van der Waals surface area contributed by atoms with Crippen LogP contribution >= 0.6 is 0 Å². The van der Waals surface area contributed by atoms with E-state index in [1.54, 1.807) is 0 Å². The van der Waals surface area contributed by atoms with Crippen molar-refractivity contribution < 1.29 is 0 Å². The number of hydrogen-bond donors (Lipinski definition) is 0. The van der Waals surface area contributed by atoms with Crippen LogP contribution in [0.15, 0.2) is 48.5 Å². The van der Waals surface area contributed by atoms with Crippen molar-refractivity contribution in [2.75, 3.05) is 0 Å². The SMILES string of the molecule is CC.CC1C2c3ccccc3-c3nnn(C(C)C)c3-c3ccccc3C12. The van der Waals surface area contributed by atoms with Gasteiger partial charge in [-0.15, -0.1) is 5.10 Å². The first kappa shape index (κ1) is 17.0. The molecule has 0 bridgehead atoms. The molecule has 0 saturated heterocycles. The van der Waals surface area contributed by atoms with Crippen LogP contribution in [0.25, 0.3) is 22.5 Å². The van der Waals surface area contributed by atoms with Crippen molar-refractivity contribution in [1.82, 2.24) is 15.0 Å². The molecule has 3 nitrogen and oxygen atoms in total. The van der Waals surface area contributed by atoms with Crippen molar-refractivity contribution in [3.05, 3.63) is 59.7 Å². The van der Waals surface area contributed by atoms with Gasteiger partial charge in [-0.1, -0.05) is 74.5 Å². The first-order chi connectivity index (χ1) is 12.7. The standard InChI is InChI=1S/C21H21N3.C2H6/c1-12(2)24-21-17-11-7-5-9-15(17)19-13(3)18(19)14-8-4-6-10-16(14)20(21)22-23-24;1-2/h4-13,18-19H,1-3H3;1-2H3. The van der Waals surface area contributed by atoms with Gasteiger partial charge in [0.15, 0.2) is 0 Å². The number of benzene rings is 2. The summed E-state index contributed by atoms with van der Waals surface area (Å²) in [5.41, 5.74) is 7.65. The van der Waals surface area contributed by atoms with E-state index < -0.39 is 0 Å². The molecule has 3 unspecified atom stereocenters. The average Bonchev–Trinajstić information content (AvgIpc) is 3.13. The summed E-state index contributed by atoms with van der Waals surface area (Å²) in [4.78, 5) is 0. The normalized spacial score (nSPS) is 22.0. The number of hydrogen-bond acceptors (Lipinski definition) is 2. The second-order valence-corrected chi connectivity index (χ2v) is 7.41. The van der Waals surface area contributed by atoms with E-state index in [0.717, 1.165) is 5.69 Å². The lowest BCUT2D eigenvalue weighted by Crippen LogP contribution is -2.07. The first-order valence-electron chi connectivity index (χ1n) is 9.82.